The maximum atomic E-state index is 4.55. The highest BCUT2D eigenvalue weighted by atomic mass is 79.9. The van der Waals surface area contributed by atoms with Crippen molar-refractivity contribution in [3.63, 3.8) is 0 Å². The van der Waals surface area contributed by atoms with Crippen LogP contribution in [0.5, 0.6) is 0 Å². The number of fused-ring (bicyclic) bond motifs is 1. The summed E-state index contributed by atoms with van der Waals surface area (Å²) in [5, 5.41) is 3.65. The molecular formula is C13H17Br2N3. The summed E-state index contributed by atoms with van der Waals surface area (Å²) in [5.74, 6) is 1.87. The van der Waals surface area contributed by atoms with Crippen molar-refractivity contribution in [1.82, 2.24) is 10.3 Å². The van der Waals surface area contributed by atoms with E-state index in [4.69, 9.17) is 0 Å². The van der Waals surface area contributed by atoms with Gasteiger partial charge in [0.05, 0.1) is 4.47 Å². The van der Waals surface area contributed by atoms with Crippen LogP contribution in [0.3, 0.4) is 0 Å². The fourth-order valence-corrected chi connectivity index (χ4v) is 4.32. The van der Waals surface area contributed by atoms with Gasteiger partial charge in [0.2, 0.25) is 0 Å². The number of rotatable bonds is 1. The molecule has 0 aliphatic carbocycles. The number of pyridine rings is 1. The number of hydrogen-bond donors (Lipinski definition) is 1. The third-order valence-corrected chi connectivity index (χ3v) is 5.00. The topological polar surface area (TPSA) is 28.2 Å². The summed E-state index contributed by atoms with van der Waals surface area (Å²) >= 11 is 7.08. The van der Waals surface area contributed by atoms with Gasteiger partial charge in [0, 0.05) is 29.8 Å². The number of anilines is 1. The summed E-state index contributed by atoms with van der Waals surface area (Å²) in [7, 11) is 0. The van der Waals surface area contributed by atoms with Crippen molar-refractivity contribution in [3.8, 4) is 0 Å². The molecule has 1 aromatic heterocycles. The highest BCUT2D eigenvalue weighted by Crippen LogP contribution is 2.32. The molecule has 5 heteroatoms. The lowest BCUT2D eigenvalue weighted by atomic mass is 9.85. The zero-order valence-electron chi connectivity index (χ0n) is 10.2. The predicted octanol–water partition coefficient (Wildman–Crippen LogP) is 3.18. The van der Waals surface area contributed by atoms with Gasteiger partial charge in [0.15, 0.2) is 0 Å². The van der Waals surface area contributed by atoms with Crippen molar-refractivity contribution < 1.29 is 0 Å². The normalized spacial score (nSPS) is 28.0. The third kappa shape index (κ3) is 2.58. The maximum Gasteiger partial charge on any atom is 0.142 e. The molecule has 18 heavy (non-hydrogen) atoms. The van der Waals surface area contributed by atoms with Crippen LogP contribution < -0.4 is 10.2 Å². The smallest absolute Gasteiger partial charge is 0.142 e. The Morgan fingerprint density at radius 3 is 3.06 bits per heavy atom. The zero-order chi connectivity index (χ0) is 12.5. The molecule has 0 radical (unpaired) electrons. The van der Waals surface area contributed by atoms with Crippen LogP contribution in [-0.2, 0) is 0 Å². The standard InChI is InChI=1S/C13H17Br2N3/c14-10-6-11(15)13(17-7-10)18-5-3-12-9(8-18)2-1-4-16-12/h6-7,9,12,16H,1-5,8H2. The third-order valence-electron chi connectivity index (χ3n) is 3.98. The average Bonchev–Trinajstić information content (AvgIpc) is 2.38. The van der Waals surface area contributed by atoms with Crippen LogP contribution in [0.25, 0.3) is 0 Å². The van der Waals surface area contributed by atoms with E-state index < -0.39 is 0 Å². The van der Waals surface area contributed by atoms with E-state index >= 15 is 0 Å². The molecule has 2 aliphatic heterocycles. The molecule has 1 aromatic rings. The molecule has 0 saturated carbocycles. The first kappa shape index (κ1) is 12.9. The van der Waals surface area contributed by atoms with Gasteiger partial charge in [-0.1, -0.05) is 0 Å². The number of halogens is 2. The molecule has 2 saturated heterocycles. The Hall–Kier alpha value is -0.130. The first-order valence-electron chi connectivity index (χ1n) is 6.53. The van der Waals surface area contributed by atoms with E-state index in [0.717, 1.165) is 39.8 Å². The lowest BCUT2D eigenvalue weighted by Crippen LogP contribution is -2.52. The first-order chi connectivity index (χ1) is 8.74. The van der Waals surface area contributed by atoms with Crippen LogP contribution in [0.4, 0.5) is 5.82 Å². The summed E-state index contributed by atoms with van der Waals surface area (Å²) in [6.07, 6.45) is 5.77. The van der Waals surface area contributed by atoms with Gasteiger partial charge in [-0.15, -0.1) is 0 Å². The molecule has 0 aromatic carbocycles. The van der Waals surface area contributed by atoms with Crippen molar-refractivity contribution in [2.45, 2.75) is 25.3 Å². The summed E-state index contributed by atoms with van der Waals surface area (Å²) in [4.78, 5) is 6.97. The fraction of sp³-hybridized carbons (Fsp3) is 0.615. The minimum atomic E-state index is 0.726. The van der Waals surface area contributed by atoms with Gasteiger partial charge in [0.25, 0.3) is 0 Å². The summed E-state index contributed by atoms with van der Waals surface area (Å²) in [5.41, 5.74) is 0. The largest absolute Gasteiger partial charge is 0.355 e. The Morgan fingerprint density at radius 2 is 2.22 bits per heavy atom. The molecule has 0 amide bonds. The van der Waals surface area contributed by atoms with Crippen molar-refractivity contribution >= 4 is 37.7 Å². The minimum Gasteiger partial charge on any atom is -0.355 e. The van der Waals surface area contributed by atoms with Gasteiger partial charge >= 0.3 is 0 Å². The summed E-state index contributed by atoms with van der Waals surface area (Å²) in [6, 6.07) is 2.80. The molecule has 2 unspecified atom stereocenters. The summed E-state index contributed by atoms with van der Waals surface area (Å²) in [6.45, 7) is 3.42. The molecule has 2 aliphatic rings. The van der Waals surface area contributed by atoms with E-state index in [1.165, 1.54) is 25.8 Å². The van der Waals surface area contributed by atoms with Crippen LogP contribution in [0, 0.1) is 5.92 Å². The number of aromatic nitrogens is 1. The van der Waals surface area contributed by atoms with E-state index in [-0.39, 0.29) is 0 Å². The second kappa shape index (κ2) is 5.47. The van der Waals surface area contributed by atoms with E-state index in [0.29, 0.717) is 0 Å². The fourth-order valence-electron chi connectivity index (χ4n) is 3.08. The molecule has 3 heterocycles. The van der Waals surface area contributed by atoms with Crippen molar-refractivity contribution in [2.24, 2.45) is 5.92 Å². The van der Waals surface area contributed by atoms with Crippen molar-refractivity contribution in [1.29, 1.82) is 0 Å². The quantitative estimate of drug-likeness (QED) is 0.818. The maximum absolute atomic E-state index is 4.55. The molecule has 0 spiro atoms. The van der Waals surface area contributed by atoms with Crippen LogP contribution in [0.1, 0.15) is 19.3 Å². The molecule has 2 fully saturated rings. The van der Waals surface area contributed by atoms with Gasteiger partial charge in [-0.25, -0.2) is 4.98 Å². The van der Waals surface area contributed by atoms with Gasteiger partial charge in [-0.2, -0.15) is 0 Å². The molecule has 0 bridgehead atoms. The first-order valence-corrected chi connectivity index (χ1v) is 8.12. The number of nitrogens with zero attached hydrogens (tertiary/aromatic N) is 2. The number of piperidine rings is 2. The second-order valence-corrected chi connectivity index (χ2v) is 6.93. The van der Waals surface area contributed by atoms with Crippen molar-refractivity contribution in [2.75, 3.05) is 24.5 Å². The Labute approximate surface area is 125 Å². The molecule has 1 N–H and O–H groups in total. The molecular weight excluding hydrogens is 358 g/mol. The van der Waals surface area contributed by atoms with Crippen LogP contribution in [0.2, 0.25) is 0 Å². The minimum absolute atomic E-state index is 0.726. The van der Waals surface area contributed by atoms with Gasteiger partial charge in [-0.05, 0) is 69.7 Å². The highest BCUT2D eigenvalue weighted by molar-refractivity contribution is 9.11. The van der Waals surface area contributed by atoms with Gasteiger partial charge in [-0.3, -0.25) is 0 Å². The Kier molecular flexibility index (Phi) is 3.91. The lowest BCUT2D eigenvalue weighted by Gasteiger charge is -2.42. The molecule has 2 atom stereocenters. The molecule has 3 rings (SSSR count). The van der Waals surface area contributed by atoms with Crippen molar-refractivity contribution in [3.05, 3.63) is 21.2 Å². The SMILES string of the molecule is Brc1cnc(N2CCC3NCCCC3C2)c(Br)c1. The van der Waals surface area contributed by atoms with Crippen LogP contribution in [0.15, 0.2) is 21.2 Å². The molecule has 98 valence electrons. The van der Waals surface area contributed by atoms with Gasteiger partial charge in [0.1, 0.15) is 5.82 Å². The van der Waals surface area contributed by atoms with E-state index in [1.807, 2.05) is 6.20 Å². The van der Waals surface area contributed by atoms with E-state index in [9.17, 15) is 0 Å². The van der Waals surface area contributed by atoms with Crippen LogP contribution in [-0.4, -0.2) is 30.7 Å². The predicted molar refractivity (Wildman–Crippen MR) is 81.0 cm³/mol. The zero-order valence-corrected chi connectivity index (χ0v) is 13.4. The Bertz CT molecular complexity index is 438. The average molecular weight is 375 g/mol. The monoisotopic (exact) mass is 373 g/mol. The van der Waals surface area contributed by atoms with Crippen LogP contribution >= 0.6 is 31.9 Å². The Morgan fingerprint density at radius 1 is 1.33 bits per heavy atom. The van der Waals surface area contributed by atoms with E-state index in [1.54, 1.807) is 0 Å². The van der Waals surface area contributed by atoms with Gasteiger partial charge < -0.3 is 10.2 Å². The highest BCUT2D eigenvalue weighted by Gasteiger charge is 2.31. The lowest BCUT2D eigenvalue weighted by molar-refractivity contribution is 0.244. The summed E-state index contributed by atoms with van der Waals surface area (Å²) < 4.78 is 2.10. The number of nitrogens with one attached hydrogen (secondary N) is 1. The Balaban J connectivity index is 1.77. The van der Waals surface area contributed by atoms with E-state index in [2.05, 4.69) is 53.1 Å². The molecule has 3 nitrogen and oxygen atoms in total. The second-order valence-electron chi connectivity index (χ2n) is 5.16. The number of hydrogen-bond acceptors (Lipinski definition) is 3.